The molecule has 0 radical (unpaired) electrons. The summed E-state index contributed by atoms with van der Waals surface area (Å²) in [6, 6.07) is 11.4. The predicted octanol–water partition coefficient (Wildman–Crippen LogP) is 2.50. The number of carbonyl (C=O) groups excluding carboxylic acids is 1. The molecule has 1 aliphatic rings. The normalized spacial score (nSPS) is 13.7. The Morgan fingerprint density at radius 2 is 1.82 bits per heavy atom. The van der Waals surface area contributed by atoms with Crippen molar-refractivity contribution in [1.82, 2.24) is 14.9 Å². The molecule has 1 saturated heterocycles. The van der Waals surface area contributed by atoms with E-state index in [-0.39, 0.29) is 22.8 Å². The van der Waals surface area contributed by atoms with Crippen molar-refractivity contribution in [1.29, 1.82) is 0 Å². The van der Waals surface area contributed by atoms with E-state index in [1.165, 1.54) is 7.11 Å². The average Bonchev–Trinajstić information content (AvgIpc) is 2.85. The van der Waals surface area contributed by atoms with Crippen LogP contribution in [0, 0.1) is 18.8 Å². The van der Waals surface area contributed by atoms with E-state index in [4.69, 9.17) is 15.2 Å². The van der Waals surface area contributed by atoms with Crippen LogP contribution in [-0.4, -0.2) is 59.3 Å². The Hall–Kier alpha value is -3.93. The molecule has 34 heavy (non-hydrogen) atoms. The number of primary amides is 1. The van der Waals surface area contributed by atoms with Crippen molar-refractivity contribution >= 4 is 5.91 Å². The number of carbonyl (C=O) groups is 1. The highest BCUT2D eigenvalue weighted by Crippen LogP contribution is 2.37. The summed E-state index contributed by atoms with van der Waals surface area (Å²) < 4.78 is 10.7. The molecule has 1 aliphatic heterocycles. The molecule has 0 saturated carbocycles. The van der Waals surface area contributed by atoms with Gasteiger partial charge < -0.3 is 20.3 Å². The number of ether oxygens (including phenoxy) is 2. The van der Waals surface area contributed by atoms with Gasteiger partial charge in [-0.25, -0.2) is 4.98 Å². The minimum absolute atomic E-state index is 0.0848. The number of aromatic nitrogens is 2. The predicted molar refractivity (Wildman–Crippen MR) is 127 cm³/mol. The molecule has 0 aliphatic carbocycles. The van der Waals surface area contributed by atoms with Crippen molar-refractivity contribution in [2.45, 2.75) is 13.5 Å². The van der Waals surface area contributed by atoms with Gasteiger partial charge in [-0.2, -0.15) is 0 Å². The summed E-state index contributed by atoms with van der Waals surface area (Å²) in [5.74, 6) is 5.34. The second kappa shape index (κ2) is 10.3. The van der Waals surface area contributed by atoms with Gasteiger partial charge >= 0.3 is 0 Å². The van der Waals surface area contributed by atoms with Crippen molar-refractivity contribution in [2.75, 3.05) is 33.4 Å². The highest BCUT2D eigenvalue weighted by atomic mass is 16.5. The SMILES string of the molecule is COc1c(-c2ccc(C#Cc3ccc(CN4CCOCC4)nc3)cc2)nc(C)c(O)c1C(N)=O. The highest BCUT2D eigenvalue weighted by Gasteiger charge is 2.23. The Bertz CT molecular complexity index is 1240. The third kappa shape index (κ3) is 5.17. The van der Waals surface area contributed by atoms with Crippen LogP contribution < -0.4 is 10.5 Å². The third-order valence-electron chi connectivity index (χ3n) is 5.58. The van der Waals surface area contributed by atoms with Crippen molar-refractivity contribution in [3.63, 3.8) is 0 Å². The van der Waals surface area contributed by atoms with E-state index in [0.717, 1.165) is 49.7 Å². The number of benzene rings is 1. The van der Waals surface area contributed by atoms with E-state index in [9.17, 15) is 9.90 Å². The lowest BCUT2D eigenvalue weighted by Crippen LogP contribution is -2.35. The van der Waals surface area contributed by atoms with E-state index < -0.39 is 5.91 Å². The molecule has 3 aromatic rings. The summed E-state index contributed by atoms with van der Waals surface area (Å²) in [5.41, 5.74) is 9.44. The first-order valence-corrected chi connectivity index (χ1v) is 10.9. The topological polar surface area (TPSA) is 111 Å². The standard InChI is InChI=1S/C26H26N4O4/c1-17-24(31)22(26(27)32)25(33-2)23(29-17)20-8-5-18(6-9-20)3-4-19-7-10-21(28-15-19)16-30-11-13-34-14-12-30/h5-10,15,31H,11-14,16H2,1-2H3,(H2,27,32). The summed E-state index contributed by atoms with van der Waals surface area (Å²) in [6.07, 6.45) is 1.79. The van der Waals surface area contributed by atoms with E-state index in [1.54, 1.807) is 13.1 Å². The van der Waals surface area contributed by atoms with Crippen molar-refractivity contribution in [2.24, 2.45) is 5.73 Å². The Kier molecular flexibility index (Phi) is 7.07. The fourth-order valence-corrected chi connectivity index (χ4v) is 3.74. The zero-order valence-corrected chi connectivity index (χ0v) is 19.2. The van der Waals surface area contributed by atoms with Crippen molar-refractivity contribution in [3.8, 4) is 34.6 Å². The number of hydrogen-bond donors (Lipinski definition) is 2. The van der Waals surface area contributed by atoms with Crippen molar-refractivity contribution < 1.29 is 19.4 Å². The van der Waals surface area contributed by atoms with Gasteiger partial charge in [0.25, 0.3) is 5.91 Å². The number of aromatic hydroxyl groups is 1. The number of morpholine rings is 1. The number of aryl methyl sites for hydroxylation is 1. The number of methoxy groups -OCH3 is 1. The lowest BCUT2D eigenvalue weighted by Gasteiger charge is -2.26. The molecule has 1 aromatic carbocycles. The van der Waals surface area contributed by atoms with Gasteiger partial charge in [0, 0.05) is 42.5 Å². The molecule has 1 fully saturated rings. The molecule has 3 heterocycles. The molecule has 1 amide bonds. The minimum atomic E-state index is -0.784. The van der Waals surface area contributed by atoms with Gasteiger partial charge in [-0.05, 0) is 31.2 Å². The monoisotopic (exact) mass is 458 g/mol. The third-order valence-corrected chi connectivity index (χ3v) is 5.58. The van der Waals surface area contributed by atoms with Crippen LogP contribution in [0.2, 0.25) is 0 Å². The number of hydrogen-bond acceptors (Lipinski definition) is 7. The molecule has 0 unspecified atom stereocenters. The zero-order valence-electron chi connectivity index (χ0n) is 19.2. The summed E-state index contributed by atoms with van der Waals surface area (Å²) in [7, 11) is 1.40. The van der Waals surface area contributed by atoms with Crippen LogP contribution >= 0.6 is 0 Å². The van der Waals surface area contributed by atoms with Crippen LogP contribution in [0.15, 0.2) is 42.6 Å². The molecule has 0 spiro atoms. The maximum absolute atomic E-state index is 11.9. The maximum Gasteiger partial charge on any atom is 0.256 e. The van der Waals surface area contributed by atoms with Gasteiger partial charge in [0.15, 0.2) is 11.5 Å². The van der Waals surface area contributed by atoms with Crippen LogP contribution in [-0.2, 0) is 11.3 Å². The fourth-order valence-electron chi connectivity index (χ4n) is 3.74. The van der Waals surface area contributed by atoms with E-state index in [0.29, 0.717) is 11.3 Å². The van der Waals surface area contributed by atoms with Gasteiger partial charge in [0.05, 0.1) is 31.7 Å². The number of pyridine rings is 2. The van der Waals surface area contributed by atoms with E-state index >= 15 is 0 Å². The Morgan fingerprint density at radius 1 is 1.15 bits per heavy atom. The second-order valence-electron chi connectivity index (χ2n) is 7.92. The fraction of sp³-hybridized carbons (Fsp3) is 0.269. The average molecular weight is 459 g/mol. The maximum atomic E-state index is 11.9. The lowest BCUT2D eigenvalue weighted by atomic mass is 10.0. The molecule has 0 bridgehead atoms. The molecule has 2 aromatic heterocycles. The van der Waals surface area contributed by atoms with Gasteiger partial charge in [0.2, 0.25) is 0 Å². The zero-order chi connectivity index (χ0) is 24.1. The molecular weight excluding hydrogens is 432 g/mol. The Morgan fingerprint density at radius 3 is 2.44 bits per heavy atom. The number of nitrogens with two attached hydrogens (primary N) is 1. The van der Waals surface area contributed by atoms with Crippen LogP contribution in [0.1, 0.15) is 32.9 Å². The second-order valence-corrected chi connectivity index (χ2v) is 7.92. The van der Waals surface area contributed by atoms with Gasteiger partial charge in [0.1, 0.15) is 11.3 Å². The molecule has 4 rings (SSSR count). The highest BCUT2D eigenvalue weighted by molar-refractivity contribution is 6.00. The number of rotatable bonds is 5. The van der Waals surface area contributed by atoms with Crippen LogP contribution in [0.25, 0.3) is 11.3 Å². The lowest BCUT2D eigenvalue weighted by molar-refractivity contribution is 0.0336. The summed E-state index contributed by atoms with van der Waals surface area (Å²) in [4.78, 5) is 23.1. The molecule has 174 valence electrons. The van der Waals surface area contributed by atoms with Crippen LogP contribution in [0.5, 0.6) is 11.5 Å². The molecule has 8 nitrogen and oxygen atoms in total. The number of nitrogens with zero attached hydrogens (tertiary/aromatic N) is 3. The first-order chi connectivity index (χ1) is 16.5. The summed E-state index contributed by atoms with van der Waals surface area (Å²) in [6.45, 7) is 5.80. The first-order valence-electron chi connectivity index (χ1n) is 10.9. The quantitative estimate of drug-likeness (QED) is 0.565. The summed E-state index contributed by atoms with van der Waals surface area (Å²) >= 11 is 0. The Labute approximate surface area is 198 Å². The molecule has 3 N–H and O–H groups in total. The van der Waals surface area contributed by atoms with E-state index in [2.05, 4.69) is 26.7 Å². The smallest absolute Gasteiger partial charge is 0.256 e. The number of amides is 1. The largest absolute Gasteiger partial charge is 0.505 e. The van der Waals surface area contributed by atoms with Crippen molar-refractivity contribution in [3.05, 3.63) is 70.7 Å². The molecule has 8 heteroatoms. The molecular formula is C26H26N4O4. The van der Waals surface area contributed by atoms with Gasteiger partial charge in [-0.15, -0.1) is 0 Å². The first kappa shape index (κ1) is 23.2. The summed E-state index contributed by atoms with van der Waals surface area (Å²) in [5, 5.41) is 10.2. The Balaban J connectivity index is 1.51. The molecule has 0 atom stereocenters. The van der Waals surface area contributed by atoms with Crippen LogP contribution in [0.3, 0.4) is 0 Å². The van der Waals surface area contributed by atoms with Gasteiger partial charge in [-0.3, -0.25) is 14.7 Å². The van der Waals surface area contributed by atoms with E-state index in [1.807, 2.05) is 36.4 Å². The van der Waals surface area contributed by atoms with Crippen LogP contribution in [0.4, 0.5) is 0 Å². The van der Waals surface area contributed by atoms with Gasteiger partial charge in [-0.1, -0.05) is 24.0 Å². The minimum Gasteiger partial charge on any atom is -0.505 e.